The Bertz CT molecular complexity index is 635. The molecular weight excluding hydrogens is 412 g/mol. The van der Waals surface area contributed by atoms with Crippen molar-refractivity contribution < 1.29 is 14.6 Å². The van der Waals surface area contributed by atoms with E-state index in [1.54, 1.807) is 31.6 Å². The number of nitrogens with zero attached hydrogens (tertiary/aromatic N) is 2. The first-order chi connectivity index (χ1) is 13.4. The van der Waals surface area contributed by atoms with Crippen molar-refractivity contribution >= 4 is 43.4 Å². The van der Waals surface area contributed by atoms with Crippen LogP contribution in [0, 0.1) is 0 Å². The second-order valence-corrected chi connectivity index (χ2v) is 11.6. The van der Waals surface area contributed by atoms with Gasteiger partial charge < -0.3 is 9.84 Å². The fourth-order valence-corrected chi connectivity index (χ4v) is 6.80. The normalized spacial score (nSPS) is 14.8. The van der Waals surface area contributed by atoms with Gasteiger partial charge in [0.05, 0.1) is 11.6 Å². The largest absolute Gasteiger partial charge is 0.485 e. The molecule has 1 amide bonds. The first-order valence-electron chi connectivity index (χ1n) is 9.90. The smallest absolute Gasteiger partial charge is 0.412 e. The van der Waals surface area contributed by atoms with Crippen LogP contribution < -0.4 is 9.64 Å². The summed E-state index contributed by atoms with van der Waals surface area (Å²) in [6.45, 7) is 10.6. The molecule has 158 valence electrons. The molecule has 0 saturated heterocycles. The standard InChI is InChI=1S/C20H32N2O3S3/c1-5-7-12-21(13-8-6-2)27-28-26-15-22(19(23)24)17-11-9-10-16-14-20(3,4)25-18(16)17/h9-11H,5-8,12-15H2,1-4H3,(H,23,24). The van der Waals surface area contributed by atoms with Gasteiger partial charge >= 0.3 is 6.09 Å². The molecule has 1 aliphatic rings. The highest BCUT2D eigenvalue weighted by Crippen LogP contribution is 2.44. The monoisotopic (exact) mass is 444 g/mol. The molecule has 0 aliphatic carbocycles. The second-order valence-electron chi connectivity index (χ2n) is 7.54. The Morgan fingerprint density at radius 2 is 1.89 bits per heavy atom. The maximum atomic E-state index is 11.9. The minimum Gasteiger partial charge on any atom is -0.485 e. The molecule has 1 aliphatic heterocycles. The van der Waals surface area contributed by atoms with E-state index in [2.05, 4.69) is 18.2 Å². The molecule has 1 aromatic carbocycles. The summed E-state index contributed by atoms with van der Waals surface area (Å²) in [6, 6.07) is 5.77. The minimum absolute atomic E-state index is 0.292. The zero-order chi connectivity index (χ0) is 20.6. The number of fused-ring (bicyclic) bond motifs is 1. The summed E-state index contributed by atoms with van der Waals surface area (Å²) < 4.78 is 8.45. The van der Waals surface area contributed by atoms with Gasteiger partial charge in [-0.05, 0) is 42.6 Å². The van der Waals surface area contributed by atoms with Crippen molar-refractivity contribution in [1.82, 2.24) is 4.31 Å². The van der Waals surface area contributed by atoms with Crippen molar-refractivity contribution in [3.8, 4) is 5.75 Å². The number of benzene rings is 1. The molecule has 1 N–H and O–H groups in total. The third-order valence-corrected chi connectivity index (χ3v) is 8.41. The van der Waals surface area contributed by atoms with Crippen molar-refractivity contribution in [1.29, 1.82) is 0 Å². The Balaban J connectivity index is 1.94. The highest BCUT2D eigenvalue weighted by molar-refractivity contribution is 9.09. The van der Waals surface area contributed by atoms with Gasteiger partial charge in [-0.1, -0.05) is 49.6 Å². The van der Waals surface area contributed by atoms with E-state index in [0.717, 1.165) is 25.1 Å². The molecule has 0 atom stereocenters. The number of carbonyl (C=O) groups is 1. The fraction of sp³-hybridized carbons (Fsp3) is 0.650. The number of rotatable bonds is 12. The average Bonchev–Trinajstić information content (AvgIpc) is 2.97. The quantitative estimate of drug-likeness (QED) is 0.167. The summed E-state index contributed by atoms with van der Waals surface area (Å²) in [4.78, 5) is 13.3. The molecule has 0 radical (unpaired) electrons. The third kappa shape index (κ3) is 6.97. The van der Waals surface area contributed by atoms with Gasteiger partial charge in [-0.15, -0.1) is 0 Å². The van der Waals surface area contributed by atoms with Crippen LogP contribution in [0.1, 0.15) is 58.9 Å². The molecule has 0 aromatic heterocycles. The molecular formula is C20H32N2O3S3. The van der Waals surface area contributed by atoms with Gasteiger partial charge in [0, 0.05) is 36.1 Å². The van der Waals surface area contributed by atoms with E-state index in [-0.39, 0.29) is 5.60 Å². The van der Waals surface area contributed by atoms with Crippen LogP contribution in [0.5, 0.6) is 5.75 Å². The summed E-state index contributed by atoms with van der Waals surface area (Å²) >= 11 is 0. The summed E-state index contributed by atoms with van der Waals surface area (Å²) in [5.41, 5.74) is 1.42. The van der Waals surface area contributed by atoms with E-state index in [1.165, 1.54) is 30.6 Å². The fourth-order valence-electron chi connectivity index (χ4n) is 3.03. The Hall–Kier alpha value is -0.700. The van der Waals surface area contributed by atoms with E-state index >= 15 is 0 Å². The van der Waals surface area contributed by atoms with Crippen molar-refractivity contribution in [3.63, 3.8) is 0 Å². The lowest BCUT2D eigenvalue weighted by Crippen LogP contribution is -2.29. The van der Waals surface area contributed by atoms with Crippen molar-refractivity contribution in [2.24, 2.45) is 0 Å². The van der Waals surface area contributed by atoms with Crippen LogP contribution in [0.4, 0.5) is 10.5 Å². The molecule has 28 heavy (non-hydrogen) atoms. The van der Waals surface area contributed by atoms with E-state index in [4.69, 9.17) is 4.74 Å². The van der Waals surface area contributed by atoms with Gasteiger partial charge in [-0.3, -0.25) is 4.90 Å². The van der Waals surface area contributed by atoms with Gasteiger partial charge in [0.2, 0.25) is 0 Å². The molecule has 0 saturated carbocycles. The molecule has 0 bridgehead atoms. The van der Waals surface area contributed by atoms with E-state index in [1.807, 2.05) is 32.0 Å². The SMILES string of the molecule is CCCCN(CCCC)SSSCN(C(=O)O)c1cccc2c1OC(C)(C)C2. The van der Waals surface area contributed by atoms with Gasteiger partial charge in [-0.2, -0.15) is 0 Å². The summed E-state index contributed by atoms with van der Waals surface area (Å²) in [6.07, 6.45) is 4.59. The van der Waals surface area contributed by atoms with Crippen molar-refractivity contribution in [2.75, 3.05) is 23.9 Å². The summed E-state index contributed by atoms with van der Waals surface area (Å²) in [5, 5.41) is 9.76. The van der Waals surface area contributed by atoms with Crippen LogP contribution in [0.2, 0.25) is 0 Å². The number of para-hydroxylation sites is 1. The van der Waals surface area contributed by atoms with Crippen LogP contribution in [0.15, 0.2) is 18.2 Å². The Kier molecular flexibility index (Phi) is 9.66. The molecule has 1 aromatic rings. The van der Waals surface area contributed by atoms with Crippen LogP contribution in [-0.2, 0) is 6.42 Å². The molecule has 0 fully saturated rings. The number of hydrogen-bond donors (Lipinski definition) is 1. The van der Waals surface area contributed by atoms with Gasteiger partial charge in [-0.25, -0.2) is 9.10 Å². The van der Waals surface area contributed by atoms with Crippen LogP contribution in [0.25, 0.3) is 0 Å². The highest BCUT2D eigenvalue weighted by atomic mass is 33.5. The first-order valence-corrected chi connectivity index (χ1v) is 13.5. The number of carboxylic acid groups (broad SMARTS) is 1. The van der Waals surface area contributed by atoms with Crippen molar-refractivity contribution in [3.05, 3.63) is 23.8 Å². The lowest BCUT2D eigenvalue weighted by Gasteiger charge is -2.24. The summed E-state index contributed by atoms with van der Waals surface area (Å²) in [7, 11) is 4.94. The number of anilines is 1. The molecule has 0 spiro atoms. The molecule has 8 heteroatoms. The topological polar surface area (TPSA) is 53.0 Å². The molecule has 5 nitrogen and oxygen atoms in total. The average molecular weight is 445 g/mol. The van der Waals surface area contributed by atoms with Crippen molar-refractivity contribution in [2.45, 2.75) is 65.4 Å². The van der Waals surface area contributed by atoms with Gasteiger partial charge in [0.1, 0.15) is 11.4 Å². The zero-order valence-corrected chi connectivity index (χ0v) is 19.7. The summed E-state index contributed by atoms with van der Waals surface area (Å²) in [5.74, 6) is 1.07. The number of amides is 1. The zero-order valence-electron chi connectivity index (χ0n) is 17.3. The Morgan fingerprint density at radius 3 is 2.50 bits per heavy atom. The Morgan fingerprint density at radius 1 is 1.21 bits per heavy atom. The predicted octanol–water partition coefficient (Wildman–Crippen LogP) is 6.69. The van der Waals surface area contributed by atoms with Crippen LogP contribution in [0.3, 0.4) is 0 Å². The maximum absolute atomic E-state index is 11.9. The van der Waals surface area contributed by atoms with E-state index in [0.29, 0.717) is 17.3 Å². The molecule has 0 unspecified atom stereocenters. The Labute approximate surface area is 180 Å². The first kappa shape index (κ1) is 23.6. The lowest BCUT2D eigenvalue weighted by atomic mass is 10.0. The van der Waals surface area contributed by atoms with Crippen LogP contribution in [-0.4, -0.2) is 40.1 Å². The predicted molar refractivity (Wildman–Crippen MR) is 124 cm³/mol. The number of ether oxygens (including phenoxy) is 1. The third-order valence-electron chi connectivity index (χ3n) is 4.48. The lowest BCUT2D eigenvalue weighted by molar-refractivity contribution is 0.138. The van der Waals surface area contributed by atoms with E-state index in [9.17, 15) is 9.90 Å². The van der Waals surface area contributed by atoms with E-state index < -0.39 is 6.09 Å². The second kappa shape index (κ2) is 11.5. The molecule has 1 heterocycles. The van der Waals surface area contributed by atoms with Gasteiger partial charge in [0.15, 0.2) is 0 Å². The minimum atomic E-state index is -0.950. The number of unbranched alkanes of at least 4 members (excludes halogenated alkanes) is 2. The number of hydrogen-bond acceptors (Lipinski definition) is 6. The van der Waals surface area contributed by atoms with Gasteiger partial charge in [0.25, 0.3) is 0 Å². The van der Waals surface area contributed by atoms with Crippen LogP contribution >= 0.6 is 31.6 Å². The molecule has 2 rings (SSSR count). The maximum Gasteiger partial charge on any atom is 0.412 e. The highest BCUT2D eigenvalue weighted by Gasteiger charge is 2.34.